The second-order valence-electron chi connectivity index (χ2n) is 3.44. The van der Waals surface area contributed by atoms with Gasteiger partial charge in [-0.1, -0.05) is 32.0 Å². The van der Waals surface area contributed by atoms with Crippen molar-refractivity contribution in [1.29, 1.82) is 0 Å². The van der Waals surface area contributed by atoms with E-state index >= 15 is 0 Å². The monoisotopic (exact) mass is 212 g/mol. The zero-order chi connectivity index (χ0) is 10.6. The van der Waals surface area contributed by atoms with E-state index in [0.717, 1.165) is 5.30 Å². The summed E-state index contributed by atoms with van der Waals surface area (Å²) >= 11 is 0. The molecule has 0 aliphatic heterocycles. The first-order valence-corrected chi connectivity index (χ1v) is 6.60. The second-order valence-corrected chi connectivity index (χ2v) is 6.45. The van der Waals surface area contributed by atoms with Crippen molar-refractivity contribution in [3.63, 3.8) is 0 Å². The zero-order valence-corrected chi connectivity index (χ0v) is 9.83. The largest absolute Gasteiger partial charge is 0.325 e. The highest BCUT2D eigenvalue weighted by Gasteiger charge is 2.29. The quantitative estimate of drug-likeness (QED) is 0.717. The van der Waals surface area contributed by atoms with Crippen LogP contribution in [0.1, 0.15) is 20.8 Å². The second kappa shape index (κ2) is 4.77. The smallest absolute Gasteiger partial charge is 0.234 e. The molecule has 0 saturated heterocycles. The van der Waals surface area contributed by atoms with Crippen molar-refractivity contribution >= 4 is 12.7 Å². The maximum absolute atomic E-state index is 12.5. The Hall–Kier alpha value is -0.590. The van der Waals surface area contributed by atoms with Gasteiger partial charge in [0.15, 0.2) is 0 Å². The molecule has 0 N–H and O–H groups in total. The number of hydrogen-bond acceptors (Lipinski definition) is 2. The van der Waals surface area contributed by atoms with Crippen LogP contribution in [-0.4, -0.2) is 12.3 Å². The predicted molar refractivity (Wildman–Crippen MR) is 60.4 cm³/mol. The molecule has 1 aromatic rings. The van der Waals surface area contributed by atoms with Gasteiger partial charge in [-0.3, -0.25) is 4.57 Å². The molecule has 0 saturated carbocycles. The van der Waals surface area contributed by atoms with Gasteiger partial charge in [0.05, 0.1) is 6.61 Å². The van der Waals surface area contributed by atoms with Crippen LogP contribution in [0.2, 0.25) is 0 Å². The number of rotatable bonds is 4. The average molecular weight is 212 g/mol. The molecule has 0 unspecified atom stereocenters. The predicted octanol–water partition coefficient (Wildman–Crippen LogP) is 3.03. The summed E-state index contributed by atoms with van der Waals surface area (Å²) in [7, 11) is -2.64. The van der Waals surface area contributed by atoms with Gasteiger partial charge < -0.3 is 4.52 Å². The van der Waals surface area contributed by atoms with E-state index in [2.05, 4.69) is 0 Å². The van der Waals surface area contributed by atoms with E-state index < -0.39 is 7.37 Å². The molecule has 0 fully saturated rings. The molecule has 78 valence electrons. The van der Waals surface area contributed by atoms with Gasteiger partial charge in [-0.2, -0.15) is 0 Å². The van der Waals surface area contributed by atoms with Gasteiger partial charge in [-0.05, 0) is 19.1 Å². The molecule has 0 amide bonds. The Morgan fingerprint density at radius 2 is 1.86 bits per heavy atom. The maximum Gasteiger partial charge on any atom is 0.234 e. The molecule has 14 heavy (non-hydrogen) atoms. The lowest BCUT2D eigenvalue weighted by Crippen LogP contribution is -2.14. The number of benzene rings is 1. The molecule has 0 heterocycles. The van der Waals surface area contributed by atoms with Crippen LogP contribution in [0, 0.1) is 0 Å². The summed E-state index contributed by atoms with van der Waals surface area (Å²) in [4.78, 5) is 0. The van der Waals surface area contributed by atoms with Crippen LogP contribution in [0.25, 0.3) is 0 Å². The van der Waals surface area contributed by atoms with Crippen LogP contribution in [-0.2, 0) is 9.09 Å². The molecule has 1 atom stereocenters. The van der Waals surface area contributed by atoms with Gasteiger partial charge in [0.1, 0.15) is 0 Å². The highest BCUT2D eigenvalue weighted by molar-refractivity contribution is 7.67. The van der Waals surface area contributed by atoms with Crippen molar-refractivity contribution in [2.75, 3.05) is 6.61 Å². The Morgan fingerprint density at radius 1 is 1.29 bits per heavy atom. The van der Waals surface area contributed by atoms with E-state index in [1.165, 1.54) is 0 Å². The topological polar surface area (TPSA) is 26.3 Å². The summed E-state index contributed by atoms with van der Waals surface area (Å²) in [5, 5.41) is 0.817. The fourth-order valence-corrected chi connectivity index (χ4v) is 3.36. The molecule has 0 aliphatic carbocycles. The van der Waals surface area contributed by atoms with Gasteiger partial charge in [-0.25, -0.2) is 0 Å². The standard InChI is InChI=1S/C11H17O2P/c1-4-13-14(12,10(2)3)11-8-6-5-7-9-11/h5-10H,4H2,1-3H3/t14-/m1/s1. The minimum atomic E-state index is -2.64. The van der Waals surface area contributed by atoms with E-state index in [9.17, 15) is 4.57 Å². The number of hydrogen-bond donors (Lipinski definition) is 0. The minimum Gasteiger partial charge on any atom is -0.325 e. The molecular formula is C11H17O2P. The molecule has 1 aromatic carbocycles. The normalized spacial score (nSPS) is 15.4. The van der Waals surface area contributed by atoms with E-state index in [1.54, 1.807) is 0 Å². The summed E-state index contributed by atoms with van der Waals surface area (Å²) < 4.78 is 17.9. The van der Waals surface area contributed by atoms with E-state index in [1.807, 2.05) is 51.1 Å². The summed E-state index contributed by atoms with van der Waals surface area (Å²) in [5.41, 5.74) is 0.0323. The van der Waals surface area contributed by atoms with Crippen molar-refractivity contribution in [2.24, 2.45) is 0 Å². The van der Waals surface area contributed by atoms with Crippen LogP contribution < -0.4 is 5.30 Å². The fraction of sp³-hybridized carbons (Fsp3) is 0.455. The summed E-state index contributed by atoms with van der Waals surface area (Å²) in [6.07, 6.45) is 0. The molecule has 0 spiro atoms. The molecule has 3 heteroatoms. The first-order valence-electron chi connectivity index (χ1n) is 4.91. The molecular weight excluding hydrogens is 195 g/mol. The highest BCUT2D eigenvalue weighted by atomic mass is 31.2. The van der Waals surface area contributed by atoms with Gasteiger partial charge in [0, 0.05) is 11.0 Å². The van der Waals surface area contributed by atoms with Gasteiger partial charge in [0.25, 0.3) is 0 Å². The minimum absolute atomic E-state index is 0.0323. The molecule has 0 bridgehead atoms. The lowest BCUT2D eigenvalue weighted by molar-refractivity contribution is 0.336. The Bertz CT molecular complexity index is 319. The van der Waals surface area contributed by atoms with Crippen LogP contribution in [0.4, 0.5) is 0 Å². The van der Waals surface area contributed by atoms with E-state index in [-0.39, 0.29) is 5.66 Å². The van der Waals surface area contributed by atoms with E-state index in [4.69, 9.17) is 4.52 Å². The summed E-state index contributed by atoms with van der Waals surface area (Å²) in [6, 6.07) is 9.44. The third-order valence-electron chi connectivity index (χ3n) is 2.12. The van der Waals surface area contributed by atoms with Crippen molar-refractivity contribution in [2.45, 2.75) is 26.4 Å². The Balaban J connectivity index is 3.07. The van der Waals surface area contributed by atoms with Crippen molar-refractivity contribution in [3.05, 3.63) is 30.3 Å². The zero-order valence-electron chi connectivity index (χ0n) is 8.93. The van der Waals surface area contributed by atoms with Crippen LogP contribution in [0.3, 0.4) is 0 Å². The lowest BCUT2D eigenvalue weighted by Gasteiger charge is -2.21. The SMILES string of the molecule is CCO[P@@](=O)(c1ccccc1)C(C)C. The van der Waals surface area contributed by atoms with Gasteiger partial charge in [0.2, 0.25) is 7.37 Å². The van der Waals surface area contributed by atoms with Crippen LogP contribution >= 0.6 is 7.37 Å². The first-order chi connectivity index (χ1) is 6.61. The molecule has 0 radical (unpaired) electrons. The Kier molecular flexibility index (Phi) is 3.91. The highest BCUT2D eigenvalue weighted by Crippen LogP contribution is 2.50. The maximum atomic E-state index is 12.5. The van der Waals surface area contributed by atoms with Crippen molar-refractivity contribution in [1.82, 2.24) is 0 Å². The van der Waals surface area contributed by atoms with Gasteiger partial charge in [-0.15, -0.1) is 0 Å². The molecule has 0 aromatic heterocycles. The molecule has 1 rings (SSSR count). The van der Waals surface area contributed by atoms with Crippen molar-refractivity contribution in [3.8, 4) is 0 Å². The molecule has 2 nitrogen and oxygen atoms in total. The van der Waals surface area contributed by atoms with E-state index in [0.29, 0.717) is 6.61 Å². The molecule has 0 aliphatic rings. The lowest BCUT2D eigenvalue weighted by atomic mass is 10.4. The average Bonchev–Trinajstić information content (AvgIpc) is 2.19. The van der Waals surface area contributed by atoms with Crippen LogP contribution in [0.15, 0.2) is 30.3 Å². The summed E-state index contributed by atoms with van der Waals surface area (Å²) in [6.45, 7) is 6.23. The first kappa shape index (κ1) is 11.5. The summed E-state index contributed by atoms with van der Waals surface area (Å²) in [5.74, 6) is 0. The third-order valence-corrected chi connectivity index (χ3v) is 5.14. The fourth-order valence-electron chi connectivity index (χ4n) is 1.35. The Labute approximate surface area is 85.7 Å². The van der Waals surface area contributed by atoms with Crippen LogP contribution in [0.5, 0.6) is 0 Å². The third kappa shape index (κ3) is 2.26. The van der Waals surface area contributed by atoms with Crippen molar-refractivity contribution < 1.29 is 9.09 Å². The Morgan fingerprint density at radius 3 is 2.29 bits per heavy atom. The van der Waals surface area contributed by atoms with Gasteiger partial charge >= 0.3 is 0 Å².